The predicted octanol–water partition coefficient (Wildman–Crippen LogP) is 2.58. The highest BCUT2D eigenvalue weighted by atomic mass is 19.1. The number of amides is 2. The van der Waals surface area contributed by atoms with Gasteiger partial charge in [-0.2, -0.15) is 0 Å². The van der Waals surface area contributed by atoms with E-state index in [9.17, 15) is 14.0 Å². The van der Waals surface area contributed by atoms with Crippen molar-refractivity contribution in [3.05, 3.63) is 42.2 Å². The van der Waals surface area contributed by atoms with Crippen LogP contribution in [0.1, 0.15) is 19.3 Å². The number of halogens is 1. The van der Waals surface area contributed by atoms with Gasteiger partial charge in [-0.1, -0.05) is 12.2 Å². The first kappa shape index (κ1) is 15.2. The van der Waals surface area contributed by atoms with Crippen LogP contribution in [0.2, 0.25) is 0 Å². The minimum Gasteiger partial charge on any atom is -0.336 e. The third-order valence-electron chi connectivity index (χ3n) is 3.50. The molecule has 1 aliphatic rings. The molecule has 1 atom stereocenters. The summed E-state index contributed by atoms with van der Waals surface area (Å²) in [7, 11) is 1.63. The summed E-state index contributed by atoms with van der Waals surface area (Å²) in [5.41, 5.74) is 0.517. The first-order valence-electron chi connectivity index (χ1n) is 7.01. The summed E-state index contributed by atoms with van der Waals surface area (Å²) in [6.45, 7) is -0.00355. The molecule has 0 saturated carbocycles. The number of carbonyl (C=O) groups excluding carboxylic acids is 2. The Morgan fingerprint density at radius 2 is 2.00 bits per heavy atom. The number of hydrogen-bond acceptors (Lipinski definition) is 2. The maximum Gasteiger partial charge on any atom is 0.243 e. The molecule has 112 valence electrons. The molecule has 2 rings (SSSR count). The number of allylic oxidation sites excluding steroid dienone is 2. The van der Waals surface area contributed by atoms with Gasteiger partial charge < -0.3 is 10.2 Å². The fourth-order valence-electron chi connectivity index (χ4n) is 2.36. The van der Waals surface area contributed by atoms with E-state index in [0.717, 1.165) is 19.3 Å². The number of rotatable bonds is 4. The number of likely N-dealkylation sites (N-methyl/N-ethyl adjacent to an activating group) is 1. The van der Waals surface area contributed by atoms with Crippen LogP contribution < -0.4 is 5.32 Å². The van der Waals surface area contributed by atoms with Gasteiger partial charge in [0.25, 0.3) is 0 Å². The van der Waals surface area contributed by atoms with Crippen molar-refractivity contribution in [1.82, 2.24) is 4.90 Å². The molecule has 1 aromatic carbocycles. The van der Waals surface area contributed by atoms with Gasteiger partial charge in [0.05, 0.1) is 6.54 Å². The van der Waals surface area contributed by atoms with E-state index in [1.54, 1.807) is 7.05 Å². The fourth-order valence-corrected chi connectivity index (χ4v) is 2.36. The highest BCUT2D eigenvalue weighted by molar-refractivity contribution is 5.94. The molecular formula is C16H19FN2O2. The summed E-state index contributed by atoms with van der Waals surface area (Å²) in [6.07, 6.45) is 6.57. The molecule has 4 nitrogen and oxygen atoms in total. The fraction of sp³-hybridized carbons (Fsp3) is 0.375. The molecular weight excluding hydrogens is 271 g/mol. The van der Waals surface area contributed by atoms with E-state index < -0.39 is 0 Å². The van der Waals surface area contributed by atoms with E-state index in [0.29, 0.717) is 5.69 Å². The third-order valence-corrected chi connectivity index (χ3v) is 3.50. The SMILES string of the molecule is CN(CC(=O)Nc1ccc(F)cc1)C(=O)C1CC=CCC1. The van der Waals surface area contributed by atoms with Crippen LogP contribution in [0.3, 0.4) is 0 Å². The maximum atomic E-state index is 12.8. The highest BCUT2D eigenvalue weighted by Crippen LogP contribution is 2.20. The van der Waals surface area contributed by atoms with Gasteiger partial charge in [-0.25, -0.2) is 4.39 Å². The van der Waals surface area contributed by atoms with E-state index >= 15 is 0 Å². The number of hydrogen-bond donors (Lipinski definition) is 1. The zero-order chi connectivity index (χ0) is 15.2. The Morgan fingerprint density at radius 1 is 1.29 bits per heavy atom. The normalized spacial score (nSPS) is 17.3. The molecule has 0 bridgehead atoms. The smallest absolute Gasteiger partial charge is 0.243 e. The summed E-state index contributed by atoms with van der Waals surface area (Å²) in [4.78, 5) is 25.5. The number of benzene rings is 1. The number of carbonyl (C=O) groups is 2. The van der Waals surface area contributed by atoms with Crippen LogP contribution in [0.4, 0.5) is 10.1 Å². The van der Waals surface area contributed by atoms with Crippen molar-refractivity contribution in [2.24, 2.45) is 5.92 Å². The lowest BCUT2D eigenvalue weighted by Gasteiger charge is -2.24. The molecule has 0 aromatic heterocycles. The van der Waals surface area contributed by atoms with Crippen LogP contribution in [0, 0.1) is 11.7 Å². The lowest BCUT2D eigenvalue weighted by atomic mass is 9.93. The highest BCUT2D eigenvalue weighted by Gasteiger charge is 2.23. The van der Waals surface area contributed by atoms with Gasteiger partial charge in [-0.15, -0.1) is 0 Å². The van der Waals surface area contributed by atoms with Crippen LogP contribution in [0.25, 0.3) is 0 Å². The second-order valence-corrected chi connectivity index (χ2v) is 5.23. The van der Waals surface area contributed by atoms with Gasteiger partial charge in [0.15, 0.2) is 0 Å². The minimum absolute atomic E-state index is 0.00355. The summed E-state index contributed by atoms with van der Waals surface area (Å²) < 4.78 is 12.8. The number of anilines is 1. The van der Waals surface area contributed by atoms with Crippen molar-refractivity contribution in [2.45, 2.75) is 19.3 Å². The van der Waals surface area contributed by atoms with E-state index in [1.165, 1.54) is 29.2 Å². The van der Waals surface area contributed by atoms with Crippen molar-refractivity contribution in [3.8, 4) is 0 Å². The Morgan fingerprint density at radius 3 is 2.62 bits per heavy atom. The molecule has 0 fully saturated rings. The van der Waals surface area contributed by atoms with Crippen molar-refractivity contribution >= 4 is 17.5 Å². The van der Waals surface area contributed by atoms with Crippen LogP contribution in [0.5, 0.6) is 0 Å². The average molecular weight is 290 g/mol. The molecule has 21 heavy (non-hydrogen) atoms. The minimum atomic E-state index is -0.356. The number of nitrogens with zero attached hydrogens (tertiary/aromatic N) is 1. The number of nitrogens with one attached hydrogen (secondary N) is 1. The molecule has 0 spiro atoms. The molecule has 1 unspecified atom stereocenters. The Bertz CT molecular complexity index is 540. The third kappa shape index (κ3) is 4.41. The molecule has 0 saturated heterocycles. The molecule has 5 heteroatoms. The first-order chi connectivity index (χ1) is 10.1. The zero-order valence-electron chi connectivity index (χ0n) is 12.0. The van der Waals surface area contributed by atoms with E-state index in [1.807, 2.05) is 6.08 Å². The van der Waals surface area contributed by atoms with Crippen molar-refractivity contribution < 1.29 is 14.0 Å². The van der Waals surface area contributed by atoms with E-state index in [2.05, 4.69) is 11.4 Å². The largest absolute Gasteiger partial charge is 0.336 e. The molecule has 0 radical (unpaired) electrons. The van der Waals surface area contributed by atoms with E-state index in [-0.39, 0.29) is 30.1 Å². The molecule has 0 aliphatic heterocycles. The Kier molecular flexibility index (Phi) is 5.09. The van der Waals surface area contributed by atoms with Crippen LogP contribution in [-0.2, 0) is 9.59 Å². The summed E-state index contributed by atoms with van der Waals surface area (Å²) in [6, 6.07) is 5.53. The summed E-state index contributed by atoms with van der Waals surface area (Å²) in [5.74, 6) is -0.679. The van der Waals surface area contributed by atoms with Crippen molar-refractivity contribution in [1.29, 1.82) is 0 Å². The van der Waals surface area contributed by atoms with Gasteiger partial charge in [-0.3, -0.25) is 9.59 Å². The van der Waals surface area contributed by atoms with Gasteiger partial charge in [0, 0.05) is 18.7 Å². The first-order valence-corrected chi connectivity index (χ1v) is 7.01. The van der Waals surface area contributed by atoms with Crippen LogP contribution in [0.15, 0.2) is 36.4 Å². The summed E-state index contributed by atoms with van der Waals surface area (Å²) >= 11 is 0. The molecule has 2 amide bonds. The van der Waals surface area contributed by atoms with Crippen LogP contribution in [-0.4, -0.2) is 30.3 Å². The Labute approximate surface area is 123 Å². The second kappa shape index (κ2) is 7.02. The van der Waals surface area contributed by atoms with Gasteiger partial charge >= 0.3 is 0 Å². The molecule has 1 aliphatic carbocycles. The Balaban J connectivity index is 1.85. The van der Waals surface area contributed by atoms with Gasteiger partial charge in [0.1, 0.15) is 5.82 Å². The second-order valence-electron chi connectivity index (χ2n) is 5.23. The summed E-state index contributed by atoms with van der Waals surface area (Å²) in [5, 5.41) is 2.64. The topological polar surface area (TPSA) is 49.4 Å². The quantitative estimate of drug-likeness (QED) is 0.866. The Hall–Kier alpha value is -2.17. The molecule has 0 heterocycles. The zero-order valence-corrected chi connectivity index (χ0v) is 12.0. The van der Waals surface area contributed by atoms with Gasteiger partial charge in [-0.05, 0) is 43.5 Å². The van der Waals surface area contributed by atoms with Crippen LogP contribution >= 0.6 is 0 Å². The van der Waals surface area contributed by atoms with Crippen molar-refractivity contribution in [2.75, 3.05) is 18.9 Å². The monoisotopic (exact) mass is 290 g/mol. The van der Waals surface area contributed by atoms with Gasteiger partial charge in [0.2, 0.25) is 11.8 Å². The van der Waals surface area contributed by atoms with E-state index in [4.69, 9.17) is 0 Å². The average Bonchev–Trinajstić information content (AvgIpc) is 2.49. The molecule has 1 N–H and O–H groups in total. The standard InChI is InChI=1S/C16H19FN2O2/c1-19(16(21)12-5-3-2-4-6-12)11-15(20)18-14-9-7-13(17)8-10-14/h2-3,7-10,12H,4-6,11H2,1H3,(H,18,20). The molecule has 1 aromatic rings. The predicted molar refractivity (Wildman–Crippen MR) is 79.1 cm³/mol. The van der Waals surface area contributed by atoms with Crippen molar-refractivity contribution in [3.63, 3.8) is 0 Å². The lowest BCUT2D eigenvalue weighted by molar-refractivity contribution is -0.137. The lowest BCUT2D eigenvalue weighted by Crippen LogP contribution is -2.38. The maximum absolute atomic E-state index is 12.8.